The highest BCUT2D eigenvalue weighted by Gasteiger charge is 2.14. The Kier molecular flexibility index (Phi) is 5.01. The van der Waals surface area contributed by atoms with Crippen LogP contribution in [0.5, 0.6) is 0 Å². The molecule has 0 fully saturated rings. The first-order valence-electron chi connectivity index (χ1n) is 7.93. The molecule has 1 heterocycles. The summed E-state index contributed by atoms with van der Waals surface area (Å²) in [7, 11) is 0. The van der Waals surface area contributed by atoms with Crippen molar-refractivity contribution in [2.75, 3.05) is 0 Å². The van der Waals surface area contributed by atoms with Gasteiger partial charge in [0.15, 0.2) is 5.82 Å². The van der Waals surface area contributed by atoms with Crippen molar-refractivity contribution in [1.29, 1.82) is 0 Å². The highest BCUT2D eigenvalue weighted by atomic mass is 79.9. The molecule has 0 saturated carbocycles. The van der Waals surface area contributed by atoms with Crippen LogP contribution in [0, 0.1) is 4.77 Å². The molecular weight excluding hydrogens is 396 g/mol. The molecule has 25 heavy (non-hydrogen) atoms. The third kappa shape index (κ3) is 4.14. The van der Waals surface area contributed by atoms with Crippen molar-refractivity contribution in [3.8, 4) is 11.4 Å². The first kappa shape index (κ1) is 17.8. The van der Waals surface area contributed by atoms with Gasteiger partial charge in [0.1, 0.15) is 0 Å². The van der Waals surface area contributed by atoms with Crippen LogP contribution in [0.15, 0.2) is 58.1 Å². The highest BCUT2D eigenvalue weighted by molar-refractivity contribution is 9.10. The van der Waals surface area contributed by atoms with Crippen LogP contribution in [-0.2, 0) is 5.41 Å². The van der Waals surface area contributed by atoms with E-state index in [0.29, 0.717) is 10.6 Å². The van der Waals surface area contributed by atoms with Crippen LogP contribution in [0.4, 0.5) is 0 Å². The van der Waals surface area contributed by atoms with Gasteiger partial charge in [0, 0.05) is 10.0 Å². The fourth-order valence-electron chi connectivity index (χ4n) is 2.38. The van der Waals surface area contributed by atoms with Gasteiger partial charge >= 0.3 is 0 Å². The maximum Gasteiger partial charge on any atom is 0.216 e. The molecule has 0 bridgehead atoms. The van der Waals surface area contributed by atoms with E-state index in [2.05, 4.69) is 76.3 Å². The SMILES string of the molecule is CC(C)(C)c1ccc(-c2n[nH]c(=S)n2/N=C/c2ccc(Br)cc2)cc1. The first-order valence-corrected chi connectivity index (χ1v) is 9.13. The van der Waals surface area contributed by atoms with Crippen LogP contribution in [0.1, 0.15) is 31.9 Å². The smallest absolute Gasteiger partial charge is 0.216 e. The van der Waals surface area contributed by atoms with E-state index in [1.165, 1.54) is 5.56 Å². The maximum atomic E-state index is 5.32. The fraction of sp³-hybridized carbons (Fsp3) is 0.211. The highest BCUT2D eigenvalue weighted by Crippen LogP contribution is 2.25. The molecule has 4 nitrogen and oxygen atoms in total. The van der Waals surface area contributed by atoms with Gasteiger partial charge in [-0.15, -0.1) is 0 Å². The summed E-state index contributed by atoms with van der Waals surface area (Å²) in [5, 5.41) is 11.6. The molecule has 0 aliphatic heterocycles. The number of hydrogen-bond acceptors (Lipinski definition) is 3. The van der Waals surface area contributed by atoms with Gasteiger partial charge < -0.3 is 0 Å². The minimum absolute atomic E-state index is 0.114. The third-order valence-electron chi connectivity index (χ3n) is 3.85. The second-order valence-electron chi connectivity index (χ2n) is 6.79. The third-order valence-corrected chi connectivity index (χ3v) is 4.64. The molecule has 2 aromatic carbocycles. The number of benzene rings is 2. The number of aromatic amines is 1. The molecule has 0 amide bonds. The lowest BCUT2D eigenvalue weighted by Crippen LogP contribution is -2.10. The summed E-state index contributed by atoms with van der Waals surface area (Å²) >= 11 is 8.75. The lowest BCUT2D eigenvalue weighted by atomic mass is 9.87. The molecule has 0 aliphatic rings. The molecule has 3 rings (SSSR count). The molecule has 3 aromatic rings. The normalized spacial score (nSPS) is 12.0. The Bertz CT molecular complexity index is 945. The van der Waals surface area contributed by atoms with Crippen molar-refractivity contribution in [2.24, 2.45) is 5.10 Å². The molecule has 1 aromatic heterocycles. The van der Waals surface area contributed by atoms with E-state index >= 15 is 0 Å². The lowest BCUT2D eigenvalue weighted by molar-refractivity contribution is 0.590. The van der Waals surface area contributed by atoms with Crippen molar-refractivity contribution >= 4 is 34.4 Å². The van der Waals surface area contributed by atoms with Gasteiger partial charge in [0.2, 0.25) is 4.77 Å². The Morgan fingerprint density at radius 1 is 1.08 bits per heavy atom. The second-order valence-corrected chi connectivity index (χ2v) is 8.09. The van der Waals surface area contributed by atoms with Crippen LogP contribution >= 0.6 is 28.1 Å². The van der Waals surface area contributed by atoms with Crippen LogP contribution in [-0.4, -0.2) is 21.1 Å². The molecular formula is C19H19BrN4S. The van der Waals surface area contributed by atoms with Gasteiger partial charge in [-0.05, 0) is 40.9 Å². The van der Waals surface area contributed by atoms with E-state index < -0.39 is 0 Å². The summed E-state index contributed by atoms with van der Waals surface area (Å²) in [4.78, 5) is 0. The summed E-state index contributed by atoms with van der Waals surface area (Å²) in [5.41, 5.74) is 3.34. The predicted molar refractivity (Wildman–Crippen MR) is 109 cm³/mol. The van der Waals surface area contributed by atoms with E-state index in [-0.39, 0.29) is 5.41 Å². The number of nitrogens with zero attached hydrogens (tertiary/aromatic N) is 3. The van der Waals surface area contributed by atoms with Crippen molar-refractivity contribution in [2.45, 2.75) is 26.2 Å². The van der Waals surface area contributed by atoms with Crippen LogP contribution in [0.2, 0.25) is 0 Å². The number of halogens is 1. The van der Waals surface area contributed by atoms with Crippen molar-refractivity contribution in [3.63, 3.8) is 0 Å². The number of nitrogens with one attached hydrogen (secondary N) is 1. The van der Waals surface area contributed by atoms with Gasteiger partial charge in [0.25, 0.3) is 0 Å². The average molecular weight is 415 g/mol. The number of aromatic nitrogens is 3. The van der Waals surface area contributed by atoms with Crippen molar-refractivity contribution < 1.29 is 0 Å². The summed E-state index contributed by atoms with van der Waals surface area (Å²) < 4.78 is 3.14. The molecule has 0 unspecified atom stereocenters. The van der Waals surface area contributed by atoms with E-state index in [4.69, 9.17) is 12.2 Å². The Balaban J connectivity index is 1.94. The Morgan fingerprint density at radius 3 is 2.32 bits per heavy atom. The Hall–Kier alpha value is -2.05. The van der Waals surface area contributed by atoms with Crippen LogP contribution in [0.25, 0.3) is 11.4 Å². The minimum atomic E-state index is 0.114. The number of rotatable bonds is 3. The molecule has 0 radical (unpaired) electrons. The Morgan fingerprint density at radius 2 is 1.72 bits per heavy atom. The summed E-state index contributed by atoms with van der Waals surface area (Å²) in [6.45, 7) is 6.59. The van der Waals surface area contributed by atoms with Crippen molar-refractivity contribution in [1.82, 2.24) is 14.9 Å². The van der Waals surface area contributed by atoms with Gasteiger partial charge in [0.05, 0.1) is 6.21 Å². The van der Waals surface area contributed by atoms with E-state index in [9.17, 15) is 0 Å². The van der Waals surface area contributed by atoms with E-state index in [1.54, 1.807) is 10.9 Å². The predicted octanol–water partition coefficient (Wildman–Crippen LogP) is 5.55. The molecule has 0 saturated heterocycles. The maximum absolute atomic E-state index is 5.32. The van der Waals surface area contributed by atoms with E-state index in [0.717, 1.165) is 15.6 Å². The molecule has 0 atom stereocenters. The minimum Gasteiger partial charge on any atom is -0.250 e. The summed E-state index contributed by atoms with van der Waals surface area (Å²) in [6.07, 6.45) is 1.77. The van der Waals surface area contributed by atoms with Gasteiger partial charge in [-0.1, -0.05) is 73.1 Å². The largest absolute Gasteiger partial charge is 0.250 e. The summed E-state index contributed by atoms with van der Waals surface area (Å²) in [6, 6.07) is 16.3. The fourth-order valence-corrected chi connectivity index (χ4v) is 2.82. The monoisotopic (exact) mass is 414 g/mol. The van der Waals surface area contributed by atoms with Gasteiger partial charge in [-0.2, -0.15) is 14.9 Å². The topological polar surface area (TPSA) is 46.0 Å². The first-order chi connectivity index (χ1) is 11.8. The average Bonchev–Trinajstić information content (AvgIpc) is 2.94. The van der Waals surface area contributed by atoms with E-state index in [1.807, 2.05) is 24.3 Å². The van der Waals surface area contributed by atoms with Gasteiger partial charge in [-0.3, -0.25) is 0 Å². The van der Waals surface area contributed by atoms with Gasteiger partial charge in [-0.25, -0.2) is 5.10 Å². The summed E-state index contributed by atoms with van der Waals surface area (Å²) in [5.74, 6) is 0.693. The zero-order chi connectivity index (χ0) is 18.0. The molecule has 6 heteroatoms. The molecule has 0 aliphatic carbocycles. The van der Waals surface area contributed by atoms with Crippen molar-refractivity contribution in [3.05, 3.63) is 68.9 Å². The standard InChI is InChI=1S/C19H19BrN4S/c1-19(2,3)15-8-6-14(7-9-15)17-22-23-18(25)24(17)21-12-13-4-10-16(20)11-5-13/h4-12H,1-3H3,(H,23,25)/b21-12+. The van der Waals surface area contributed by atoms with Crippen LogP contribution < -0.4 is 0 Å². The lowest BCUT2D eigenvalue weighted by Gasteiger charge is -2.18. The molecule has 1 N–H and O–H groups in total. The van der Waals surface area contributed by atoms with Crippen LogP contribution in [0.3, 0.4) is 0 Å². The number of H-pyrrole nitrogens is 1. The zero-order valence-electron chi connectivity index (χ0n) is 14.3. The number of hydrogen-bond donors (Lipinski definition) is 1. The second kappa shape index (κ2) is 7.06. The quantitative estimate of drug-likeness (QED) is 0.450. The Labute approximate surface area is 160 Å². The zero-order valence-corrected chi connectivity index (χ0v) is 16.7. The molecule has 0 spiro atoms. The molecule has 128 valence electrons.